The van der Waals surface area contributed by atoms with Crippen molar-refractivity contribution in [3.63, 3.8) is 0 Å². The number of imide groups is 1. The molecule has 1 aliphatic rings. The summed E-state index contributed by atoms with van der Waals surface area (Å²) in [7, 11) is 4.01. The molecule has 3 aromatic rings. The first-order valence-electron chi connectivity index (χ1n) is 10.3. The first-order chi connectivity index (χ1) is 15.0. The molecule has 0 radical (unpaired) electrons. The number of anilines is 1. The summed E-state index contributed by atoms with van der Waals surface area (Å²) in [5.41, 5.74) is 4.20. The predicted molar refractivity (Wildman–Crippen MR) is 128 cm³/mol. The zero-order valence-corrected chi connectivity index (χ0v) is 18.5. The number of aromatic nitrogens is 1. The van der Waals surface area contributed by atoms with Crippen molar-refractivity contribution in [1.82, 2.24) is 9.47 Å². The van der Waals surface area contributed by atoms with Crippen LogP contribution >= 0.6 is 11.8 Å². The highest BCUT2D eigenvalue weighted by Crippen LogP contribution is 2.33. The van der Waals surface area contributed by atoms with Crippen LogP contribution in [0.1, 0.15) is 17.7 Å². The van der Waals surface area contributed by atoms with Gasteiger partial charge in [0, 0.05) is 43.9 Å². The molecule has 4 rings (SSSR count). The normalized spacial score (nSPS) is 15.2. The maximum Gasteiger partial charge on any atom is 0.293 e. The van der Waals surface area contributed by atoms with Crippen LogP contribution in [-0.4, -0.2) is 41.3 Å². The van der Waals surface area contributed by atoms with Gasteiger partial charge in [-0.05, 0) is 72.6 Å². The van der Waals surface area contributed by atoms with Gasteiger partial charge in [-0.3, -0.25) is 14.5 Å². The molecular formula is C25H25N3O2S. The van der Waals surface area contributed by atoms with Gasteiger partial charge in [-0.25, -0.2) is 0 Å². The highest BCUT2D eigenvalue weighted by atomic mass is 32.2. The van der Waals surface area contributed by atoms with Gasteiger partial charge >= 0.3 is 0 Å². The molecule has 158 valence electrons. The lowest BCUT2D eigenvalue weighted by Gasteiger charge is -2.14. The summed E-state index contributed by atoms with van der Waals surface area (Å²) in [5.74, 6) is -0.209. The third-order valence-corrected chi connectivity index (χ3v) is 6.17. The molecule has 1 aliphatic heterocycles. The van der Waals surface area contributed by atoms with Crippen LogP contribution in [0.3, 0.4) is 0 Å². The lowest BCUT2D eigenvalue weighted by Crippen LogP contribution is -2.29. The smallest absolute Gasteiger partial charge is 0.293 e. The topological polar surface area (TPSA) is 45.6 Å². The number of carbonyl (C=O) groups is 2. The average molecular weight is 432 g/mol. The Balaban J connectivity index is 1.47. The zero-order valence-electron chi connectivity index (χ0n) is 17.7. The summed E-state index contributed by atoms with van der Waals surface area (Å²) in [4.78, 5) is 29.2. The Morgan fingerprint density at radius 2 is 1.68 bits per heavy atom. The van der Waals surface area contributed by atoms with Crippen molar-refractivity contribution in [3.8, 4) is 5.69 Å². The number of hydrogen-bond acceptors (Lipinski definition) is 4. The summed E-state index contributed by atoms with van der Waals surface area (Å²) >= 11 is 1.02. The molecule has 0 saturated carbocycles. The molecule has 2 aromatic carbocycles. The van der Waals surface area contributed by atoms with E-state index in [2.05, 4.69) is 24.3 Å². The third-order valence-electron chi connectivity index (χ3n) is 5.27. The Hall–Kier alpha value is -3.25. The summed E-state index contributed by atoms with van der Waals surface area (Å²) in [6.45, 7) is 0.434. The van der Waals surface area contributed by atoms with Crippen LogP contribution in [0.4, 0.5) is 10.5 Å². The van der Waals surface area contributed by atoms with Crippen LogP contribution in [0.5, 0.6) is 0 Å². The van der Waals surface area contributed by atoms with Gasteiger partial charge in [0.25, 0.3) is 11.1 Å². The van der Waals surface area contributed by atoms with E-state index in [1.165, 1.54) is 10.5 Å². The van der Waals surface area contributed by atoms with Crippen molar-refractivity contribution < 1.29 is 9.59 Å². The number of benzene rings is 2. The van der Waals surface area contributed by atoms with Crippen molar-refractivity contribution in [2.75, 3.05) is 25.5 Å². The van der Waals surface area contributed by atoms with Crippen molar-refractivity contribution in [3.05, 3.63) is 89.1 Å². The van der Waals surface area contributed by atoms with Crippen LogP contribution in [0.15, 0.2) is 77.8 Å². The van der Waals surface area contributed by atoms with Crippen molar-refractivity contribution in [2.24, 2.45) is 0 Å². The lowest BCUT2D eigenvalue weighted by molar-refractivity contribution is -0.122. The van der Waals surface area contributed by atoms with E-state index in [0.717, 1.165) is 41.7 Å². The first kappa shape index (κ1) is 21.0. The van der Waals surface area contributed by atoms with E-state index in [4.69, 9.17) is 0 Å². The molecule has 2 heterocycles. The van der Waals surface area contributed by atoms with E-state index in [-0.39, 0.29) is 11.1 Å². The Bertz CT molecular complexity index is 1100. The van der Waals surface area contributed by atoms with E-state index in [9.17, 15) is 9.59 Å². The molecule has 0 bridgehead atoms. The molecular weight excluding hydrogens is 406 g/mol. The van der Waals surface area contributed by atoms with E-state index in [1.807, 2.05) is 78.3 Å². The second-order valence-electron chi connectivity index (χ2n) is 7.64. The highest BCUT2D eigenvalue weighted by Gasteiger charge is 2.34. The number of nitrogens with zero attached hydrogens (tertiary/aromatic N) is 3. The Labute approximate surface area is 187 Å². The van der Waals surface area contributed by atoms with Crippen molar-refractivity contribution >= 4 is 34.7 Å². The van der Waals surface area contributed by atoms with Gasteiger partial charge in [-0.1, -0.05) is 30.3 Å². The van der Waals surface area contributed by atoms with Gasteiger partial charge in [0.05, 0.1) is 4.91 Å². The average Bonchev–Trinajstić information content (AvgIpc) is 3.34. The van der Waals surface area contributed by atoms with Gasteiger partial charge in [-0.15, -0.1) is 0 Å². The standard InChI is InChI=1S/C25H25N3O2S/c1-26(2)20-12-14-21(15-13-20)27-16-7-11-22(27)18-23-24(29)28(25(30)31-23)17-6-10-19-8-4-3-5-9-19/h3-5,7-9,11-16,18H,6,10,17H2,1-2H3/b23-18+. The molecule has 0 atom stereocenters. The SMILES string of the molecule is CN(C)c1ccc(-n2cccc2/C=C2/SC(=O)N(CCCc3ccccc3)C2=O)cc1. The zero-order chi connectivity index (χ0) is 21.8. The summed E-state index contributed by atoms with van der Waals surface area (Å²) in [6.07, 6.45) is 5.36. The van der Waals surface area contributed by atoms with Gasteiger partial charge in [-0.2, -0.15) is 0 Å². The highest BCUT2D eigenvalue weighted by molar-refractivity contribution is 8.18. The summed E-state index contributed by atoms with van der Waals surface area (Å²) in [6, 6.07) is 22.2. The second-order valence-corrected chi connectivity index (χ2v) is 8.63. The second kappa shape index (κ2) is 9.27. The van der Waals surface area contributed by atoms with Gasteiger partial charge in [0.15, 0.2) is 0 Å². The van der Waals surface area contributed by atoms with Gasteiger partial charge in [0.2, 0.25) is 0 Å². The molecule has 1 fully saturated rings. The summed E-state index contributed by atoms with van der Waals surface area (Å²) in [5, 5.41) is -0.197. The molecule has 1 saturated heterocycles. The fourth-order valence-corrected chi connectivity index (χ4v) is 4.42. The first-order valence-corrected chi connectivity index (χ1v) is 11.1. The Morgan fingerprint density at radius 3 is 2.39 bits per heavy atom. The fourth-order valence-electron chi connectivity index (χ4n) is 3.57. The van der Waals surface area contributed by atoms with Gasteiger partial charge < -0.3 is 9.47 Å². The number of aryl methyl sites for hydroxylation is 1. The Morgan fingerprint density at radius 1 is 0.935 bits per heavy atom. The monoisotopic (exact) mass is 431 g/mol. The molecule has 5 nitrogen and oxygen atoms in total. The number of carbonyl (C=O) groups excluding carboxylic acids is 2. The summed E-state index contributed by atoms with van der Waals surface area (Å²) < 4.78 is 2.02. The maximum atomic E-state index is 12.9. The van der Waals surface area contributed by atoms with E-state index in [1.54, 1.807) is 0 Å². The lowest BCUT2D eigenvalue weighted by atomic mass is 10.1. The van der Waals surface area contributed by atoms with Crippen molar-refractivity contribution in [2.45, 2.75) is 12.8 Å². The fraction of sp³-hybridized carbons (Fsp3) is 0.200. The largest absolute Gasteiger partial charge is 0.378 e. The van der Waals surface area contributed by atoms with Crippen LogP contribution in [0, 0.1) is 0 Å². The molecule has 2 amide bonds. The minimum Gasteiger partial charge on any atom is -0.378 e. The molecule has 0 spiro atoms. The molecule has 0 N–H and O–H groups in total. The minimum atomic E-state index is -0.209. The number of amides is 2. The number of rotatable bonds is 7. The molecule has 0 aliphatic carbocycles. The van der Waals surface area contributed by atoms with E-state index in [0.29, 0.717) is 11.4 Å². The van der Waals surface area contributed by atoms with E-state index >= 15 is 0 Å². The third kappa shape index (κ3) is 4.75. The molecule has 0 unspecified atom stereocenters. The van der Waals surface area contributed by atoms with Crippen LogP contribution in [0.25, 0.3) is 11.8 Å². The van der Waals surface area contributed by atoms with Gasteiger partial charge in [0.1, 0.15) is 0 Å². The van der Waals surface area contributed by atoms with Crippen molar-refractivity contribution in [1.29, 1.82) is 0 Å². The van der Waals surface area contributed by atoms with E-state index < -0.39 is 0 Å². The van der Waals surface area contributed by atoms with Crippen LogP contribution in [0.2, 0.25) is 0 Å². The molecule has 31 heavy (non-hydrogen) atoms. The predicted octanol–water partition coefficient (Wildman–Crippen LogP) is 5.21. The van der Waals surface area contributed by atoms with Crippen LogP contribution < -0.4 is 4.90 Å². The quantitative estimate of drug-likeness (QED) is 0.482. The Kier molecular flexibility index (Phi) is 6.28. The maximum absolute atomic E-state index is 12.9. The minimum absolute atomic E-state index is 0.197. The number of thioether (sulfide) groups is 1. The number of hydrogen-bond donors (Lipinski definition) is 0. The molecule has 1 aromatic heterocycles. The molecule has 6 heteroatoms. The van der Waals surface area contributed by atoms with Crippen LogP contribution in [-0.2, 0) is 11.2 Å².